The van der Waals surface area contributed by atoms with E-state index >= 15 is 0 Å². The van der Waals surface area contributed by atoms with Gasteiger partial charge in [0.1, 0.15) is 0 Å². The van der Waals surface area contributed by atoms with Crippen molar-refractivity contribution in [1.29, 1.82) is 0 Å². The second-order valence-corrected chi connectivity index (χ2v) is 5.09. The number of nitrogens with zero attached hydrogens (tertiary/aromatic N) is 4. The van der Waals surface area contributed by atoms with Gasteiger partial charge in [-0.3, -0.25) is 0 Å². The van der Waals surface area contributed by atoms with E-state index in [1.54, 1.807) is 6.92 Å². The third-order valence-corrected chi connectivity index (χ3v) is 3.10. The van der Waals surface area contributed by atoms with Crippen molar-refractivity contribution in [1.82, 2.24) is 15.0 Å². The van der Waals surface area contributed by atoms with Crippen LogP contribution in [0.1, 0.15) is 40.5 Å². The number of nitrogen functional groups attached to an aromatic ring is 1. The van der Waals surface area contributed by atoms with Gasteiger partial charge in [-0.1, -0.05) is 13.3 Å². The van der Waals surface area contributed by atoms with Gasteiger partial charge in [0.05, 0.1) is 5.60 Å². The van der Waals surface area contributed by atoms with E-state index < -0.39 is 5.60 Å². The molecule has 0 aliphatic rings. The number of hydrogen-bond acceptors (Lipinski definition) is 7. The summed E-state index contributed by atoms with van der Waals surface area (Å²) in [6.07, 6.45) is 1.63. The van der Waals surface area contributed by atoms with Crippen molar-refractivity contribution in [2.75, 3.05) is 35.6 Å². The van der Waals surface area contributed by atoms with Gasteiger partial charge in [0.2, 0.25) is 17.8 Å². The fourth-order valence-electron chi connectivity index (χ4n) is 2.00. The normalized spacial score (nSPS) is 13.8. The van der Waals surface area contributed by atoms with Gasteiger partial charge in [0, 0.05) is 19.6 Å². The minimum Gasteiger partial charge on any atom is -0.388 e. The van der Waals surface area contributed by atoms with Gasteiger partial charge in [-0.05, 0) is 27.2 Å². The Kier molecular flexibility index (Phi) is 5.94. The van der Waals surface area contributed by atoms with E-state index in [0.717, 1.165) is 19.5 Å². The van der Waals surface area contributed by atoms with E-state index in [4.69, 9.17) is 5.73 Å². The third-order valence-electron chi connectivity index (χ3n) is 3.10. The van der Waals surface area contributed by atoms with Crippen molar-refractivity contribution in [3.05, 3.63) is 0 Å². The molecular formula is C13H26N6O. The lowest BCUT2D eigenvalue weighted by molar-refractivity contribution is 0.0635. The van der Waals surface area contributed by atoms with Gasteiger partial charge in [-0.25, -0.2) is 0 Å². The van der Waals surface area contributed by atoms with Crippen LogP contribution in [0.4, 0.5) is 17.8 Å². The van der Waals surface area contributed by atoms with E-state index in [9.17, 15) is 5.11 Å². The molecule has 0 spiro atoms. The summed E-state index contributed by atoms with van der Waals surface area (Å²) in [5, 5.41) is 13.2. The first-order chi connectivity index (χ1) is 9.41. The van der Waals surface area contributed by atoms with Crippen LogP contribution in [0.15, 0.2) is 0 Å². The molecule has 1 heterocycles. The Balaban J connectivity index is 2.80. The quantitative estimate of drug-likeness (QED) is 0.660. The van der Waals surface area contributed by atoms with Crippen molar-refractivity contribution in [2.24, 2.45) is 0 Å². The van der Waals surface area contributed by atoms with E-state index in [1.165, 1.54) is 0 Å². The average Bonchev–Trinajstić information content (AvgIpc) is 2.37. The molecule has 0 saturated carbocycles. The second-order valence-electron chi connectivity index (χ2n) is 5.09. The molecule has 7 heteroatoms. The zero-order valence-electron chi connectivity index (χ0n) is 12.8. The third kappa shape index (κ3) is 4.80. The summed E-state index contributed by atoms with van der Waals surface area (Å²) in [6.45, 7) is 9.86. The monoisotopic (exact) mass is 282 g/mol. The van der Waals surface area contributed by atoms with Crippen LogP contribution in [0.5, 0.6) is 0 Å². The highest BCUT2D eigenvalue weighted by atomic mass is 16.3. The van der Waals surface area contributed by atoms with Crippen molar-refractivity contribution in [3.8, 4) is 0 Å². The number of rotatable bonds is 8. The Morgan fingerprint density at radius 2 is 1.85 bits per heavy atom. The van der Waals surface area contributed by atoms with Gasteiger partial charge < -0.3 is 21.1 Å². The lowest BCUT2D eigenvalue weighted by Crippen LogP contribution is -2.34. The Hall–Kier alpha value is -1.63. The van der Waals surface area contributed by atoms with E-state index in [0.29, 0.717) is 24.9 Å². The number of anilines is 3. The molecule has 0 saturated heterocycles. The molecule has 1 rings (SSSR count). The van der Waals surface area contributed by atoms with Crippen molar-refractivity contribution < 1.29 is 5.11 Å². The van der Waals surface area contributed by atoms with Crippen LogP contribution in [0.3, 0.4) is 0 Å². The molecule has 0 aromatic carbocycles. The maximum Gasteiger partial charge on any atom is 0.231 e. The van der Waals surface area contributed by atoms with Crippen LogP contribution in [0.25, 0.3) is 0 Å². The summed E-state index contributed by atoms with van der Waals surface area (Å²) in [7, 11) is 0. The van der Waals surface area contributed by atoms with Gasteiger partial charge in [-0.15, -0.1) is 0 Å². The second kappa shape index (κ2) is 7.23. The molecule has 1 aromatic rings. The molecule has 7 nitrogen and oxygen atoms in total. The zero-order valence-corrected chi connectivity index (χ0v) is 12.8. The SMILES string of the molecule is CCCC(C)(O)CNc1nc(N)nc(N(CC)CC)n1. The molecule has 0 fully saturated rings. The first kappa shape index (κ1) is 16.4. The molecule has 1 aromatic heterocycles. The van der Waals surface area contributed by atoms with Gasteiger partial charge in [-0.2, -0.15) is 15.0 Å². The largest absolute Gasteiger partial charge is 0.388 e. The minimum absolute atomic E-state index is 0.180. The lowest BCUT2D eigenvalue weighted by Gasteiger charge is -2.23. The van der Waals surface area contributed by atoms with Crippen LogP contribution in [-0.4, -0.2) is 45.3 Å². The minimum atomic E-state index is -0.786. The smallest absolute Gasteiger partial charge is 0.231 e. The molecule has 4 N–H and O–H groups in total. The van der Waals surface area contributed by atoms with Crippen LogP contribution < -0.4 is 16.0 Å². The number of nitrogens with two attached hydrogens (primary N) is 1. The molecule has 1 atom stereocenters. The maximum absolute atomic E-state index is 10.1. The number of hydrogen-bond donors (Lipinski definition) is 3. The zero-order chi connectivity index (χ0) is 15.2. The molecule has 0 aliphatic carbocycles. The molecule has 114 valence electrons. The highest BCUT2D eigenvalue weighted by Gasteiger charge is 2.19. The van der Waals surface area contributed by atoms with Crippen LogP contribution in [-0.2, 0) is 0 Å². The summed E-state index contributed by atoms with van der Waals surface area (Å²) in [6, 6.07) is 0. The lowest BCUT2D eigenvalue weighted by atomic mass is 10.0. The summed E-state index contributed by atoms with van der Waals surface area (Å²) in [5.74, 6) is 1.13. The van der Waals surface area contributed by atoms with Gasteiger partial charge in [0.15, 0.2) is 0 Å². The number of aromatic nitrogens is 3. The Morgan fingerprint density at radius 3 is 2.40 bits per heavy atom. The first-order valence-corrected chi connectivity index (χ1v) is 7.14. The van der Waals surface area contributed by atoms with Crippen molar-refractivity contribution >= 4 is 17.8 Å². The highest BCUT2D eigenvalue weighted by molar-refractivity contribution is 5.41. The standard InChI is InChI=1S/C13H26N6O/c1-5-8-13(4,20)9-15-11-16-10(14)17-12(18-11)19(6-2)7-3/h20H,5-9H2,1-4H3,(H3,14,15,16,17,18). The molecule has 0 aliphatic heterocycles. The van der Waals surface area contributed by atoms with Crippen molar-refractivity contribution in [3.63, 3.8) is 0 Å². The average molecular weight is 282 g/mol. The Bertz CT molecular complexity index is 419. The van der Waals surface area contributed by atoms with E-state index in [1.807, 2.05) is 25.7 Å². The maximum atomic E-state index is 10.1. The molecule has 1 unspecified atom stereocenters. The van der Waals surface area contributed by atoms with E-state index in [-0.39, 0.29) is 5.95 Å². The molecular weight excluding hydrogens is 256 g/mol. The predicted molar refractivity (Wildman–Crippen MR) is 81.8 cm³/mol. The fourth-order valence-corrected chi connectivity index (χ4v) is 2.00. The first-order valence-electron chi connectivity index (χ1n) is 7.14. The predicted octanol–water partition coefficient (Wildman–Crippen LogP) is 1.26. The van der Waals surface area contributed by atoms with Gasteiger partial charge in [0.25, 0.3) is 0 Å². The number of aliphatic hydroxyl groups is 1. The molecule has 0 amide bonds. The van der Waals surface area contributed by atoms with Crippen LogP contribution in [0.2, 0.25) is 0 Å². The Labute approximate surface area is 120 Å². The number of nitrogens with one attached hydrogen (secondary N) is 1. The van der Waals surface area contributed by atoms with Crippen LogP contribution in [0, 0.1) is 0 Å². The summed E-state index contributed by atoms with van der Waals surface area (Å²) in [4.78, 5) is 14.5. The van der Waals surface area contributed by atoms with Gasteiger partial charge >= 0.3 is 0 Å². The molecule has 0 radical (unpaired) electrons. The molecule has 0 bridgehead atoms. The van der Waals surface area contributed by atoms with Crippen molar-refractivity contribution in [2.45, 2.75) is 46.1 Å². The van der Waals surface area contributed by atoms with Crippen LogP contribution >= 0.6 is 0 Å². The fraction of sp³-hybridized carbons (Fsp3) is 0.769. The van der Waals surface area contributed by atoms with E-state index in [2.05, 4.69) is 20.3 Å². The summed E-state index contributed by atoms with van der Waals surface area (Å²) < 4.78 is 0. The highest BCUT2D eigenvalue weighted by Crippen LogP contribution is 2.15. The topological polar surface area (TPSA) is 100 Å². The summed E-state index contributed by atoms with van der Waals surface area (Å²) >= 11 is 0. The Morgan fingerprint density at radius 1 is 1.20 bits per heavy atom. The molecule has 20 heavy (non-hydrogen) atoms. The summed E-state index contributed by atoms with van der Waals surface area (Å²) in [5.41, 5.74) is 4.93.